The molecule has 24 heavy (non-hydrogen) atoms. The Balaban J connectivity index is 1.63. The van der Waals surface area contributed by atoms with Crippen LogP contribution in [-0.4, -0.2) is 38.0 Å². The standard InChI is InChI=1S/C17H14FN5O/c18-5-6-24-14-3-1-12-7-15(22-16(12)8-14)13-2-4-17(20-9-13)23-11-19-10-21-23/h1-4,7-11,22H,5-6H2. The number of aromatic nitrogens is 5. The summed E-state index contributed by atoms with van der Waals surface area (Å²) in [7, 11) is 0. The van der Waals surface area contributed by atoms with E-state index < -0.39 is 6.67 Å². The van der Waals surface area contributed by atoms with Crippen LogP contribution in [0.2, 0.25) is 0 Å². The lowest BCUT2D eigenvalue weighted by Crippen LogP contribution is -1.98. The molecule has 0 spiro atoms. The van der Waals surface area contributed by atoms with Gasteiger partial charge in [0.15, 0.2) is 5.82 Å². The van der Waals surface area contributed by atoms with Gasteiger partial charge in [0.05, 0.1) is 0 Å². The van der Waals surface area contributed by atoms with Gasteiger partial charge in [0, 0.05) is 34.4 Å². The van der Waals surface area contributed by atoms with Gasteiger partial charge >= 0.3 is 0 Å². The van der Waals surface area contributed by atoms with Crippen LogP contribution in [0.5, 0.6) is 5.75 Å². The fourth-order valence-corrected chi connectivity index (χ4v) is 2.52. The summed E-state index contributed by atoms with van der Waals surface area (Å²) in [6.45, 7) is -0.440. The number of alkyl halides is 1. The number of halogens is 1. The lowest BCUT2D eigenvalue weighted by molar-refractivity contribution is 0.273. The zero-order chi connectivity index (χ0) is 16.4. The topological polar surface area (TPSA) is 68.6 Å². The predicted molar refractivity (Wildman–Crippen MR) is 87.9 cm³/mol. The van der Waals surface area contributed by atoms with E-state index in [1.807, 2.05) is 36.4 Å². The van der Waals surface area contributed by atoms with E-state index in [4.69, 9.17) is 4.74 Å². The molecular formula is C17H14FN5O. The summed E-state index contributed by atoms with van der Waals surface area (Å²) >= 11 is 0. The minimum atomic E-state index is -0.502. The van der Waals surface area contributed by atoms with Gasteiger partial charge in [-0.25, -0.2) is 19.0 Å². The fourth-order valence-electron chi connectivity index (χ4n) is 2.52. The lowest BCUT2D eigenvalue weighted by Gasteiger charge is -2.02. The van der Waals surface area contributed by atoms with Crippen LogP contribution in [0.3, 0.4) is 0 Å². The first-order valence-corrected chi connectivity index (χ1v) is 7.46. The molecular weight excluding hydrogens is 309 g/mol. The third-order valence-electron chi connectivity index (χ3n) is 3.65. The summed E-state index contributed by atoms with van der Waals surface area (Å²) in [5.41, 5.74) is 2.84. The van der Waals surface area contributed by atoms with Crippen molar-refractivity contribution in [3.05, 3.63) is 55.2 Å². The van der Waals surface area contributed by atoms with Gasteiger partial charge in [-0.15, -0.1) is 0 Å². The first-order valence-electron chi connectivity index (χ1n) is 7.46. The molecule has 7 heteroatoms. The number of pyridine rings is 1. The van der Waals surface area contributed by atoms with Crippen LogP contribution in [0, 0.1) is 0 Å². The predicted octanol–water partition coefficient (Wildman–Crippen LogP) is 3.16. The first-order chi connectivity index (χ1) is 11.8. The second-order valence-electron chi connectivity index (χ2n) is 5.21. The monoisotopic (exact) mass is 323 g/mol. The van der Waals surface area contributed by atoms with Crippen LogP contribution in [0.15, 0.2) is 55.2 Å². The molecule has 3 aromatic heterocycles. The van der Waals surface area contributed by atoms with Gasteiger partial charge in [-0.1, -0.05) is 0 Å². The summed E-state index contributed by atoms with van der Waals surface area (Å²) in [4.78, 5) is 11.6. The molecule has 4 aromatic rings. The van der Waals surface area contributed by atoms with Crippen LogP contribution in [-0.2, 0) is 0 Å². The molecule has 1 aromatic carbocycles. The van der Waals surface area contributed by atoms with Gasteiger partial charge in [0.1, 0.15) is 31.7 Å². The van der Waals surface area contributed by atoms with E-state index in [0.717, 1.165) is 22.2 Å². The number of nitrogens with one attached hydrogen (secondary N) is 1. The van der Waals surface area contributed by atoms with Gasteiger partial charge in [-0.2, -0.15) is 5.10 Å². The molecule has 0 bridgehead atoms. The Bertz CT molecular complexity index is 947. The number of ether oxygens (including phenoxy) is 1. The molecule has 0 fully saturated rings. The molecule has 0 saturated heterocycles. The third kappa shape index (κ3) is 2.71. The van der Waals surface area contributed by atoms with Crippen molar-refractivity contribution in [2.24, 2.45) is 0 Å². The van der Waals surface area contributed by atoms with Gasteiger partial charge in [-0.05, 0) is 30.3 Å². The van der Waals surface area contributed by atoms with Crippen LogP contribution < -0.4 is 4.74 Å². The molecule has 4 rings (SSSR count). The highest BCUT2D eigenvalue weighted by Crippen LogP contribution is 2.27. The minimum Gasteiger partial charge on any atom is -0.491 e. The Hall–Kier alpha value is -3.22. The molecule has 1 N–H and O–H groups in total. The summed E-state index contributed by atoms with van der Waals surface area (Å²) in [5, 5.41) is 5.11. The number of H-pyrrole nitrogens is 1. The Morgan fingerprint density at radius 1 is 1.17 bits per heavy atom. The molecule has 0 aliphatic rings. The summed E-state index contributed by atoms with van der Waals surface area (Å²) in [6.07, 6.45) is 4.85. The zero-order valence-electron chi connectivity index (χ0n) is 12.7. The number of benzene rings is 1. The second kappa shape index (κ2) is 6.11. The average Bonchev–Trinajstić information content (AvgIpc) is 3.29. The first kappa shape index (κ1) is 14.4. The number of aromatic amines is 1. The van der Waals surface area contributed by atoms with Gasteiger partial charge < -0.3 is 9.72 Å². The zero-order valence-corrected chi connectivity index (χ0v) is 12.7. The van der Waals surface area contributed by atoms with E-state index in [1.54, 1.807) is 17.2 Å². The average molecular weight is 323 g/mol. The Kier molecular flexibility index (Phi) is 3.66. The van der Waals surface area contributed by atoms with Crippen LogP contribution in [0.25, 0.3) is 28.0 Å². The Morgan fingerprint density at radius 3 is 2.88 bits per heavy atom. The van der Waals surface area contributed by atoms with E-state index in [-0.39, 0.29) is 6.61 Å². The molecule has 0 radical (unpaired) electrons. The maximum Gasteiger partial charge on any atom is 0.155 e. The van der Waals surface area contributed by atoms with E-state index >= 15 is 0 Å². The maximum atomic E-state index is 12.2. The number of rotatable bonds is 5. The fraction of sp³-hybridized carbons (Fsp3) is 0.118. The molecule has 120 valence electrons. The molecule has 0 unspecified atom stereocenters. The van der Waals surface area contributed by atoms with E-state index in [2.05, 4.69) is 20.1 Å². The van der Waals surface area contributed by atoms with Crippen molar-refractivity contribution in [2.75, 3.05) is 13.3 Å². The highest BCUT2D eigenvalue weighted by Gasteiger charge is 2.06. The highest BCUT2D eigenvalue weighted by atomic mass is 19.1. The molecule has 0 atom stereocenters. The minimum absolute atomic E-state index is 0.0622. The maximum absolute atomic E-state index is 12.2. The van der Waals surface area contributed by atoms with Crippen molar-refractivity contribution in [2.45, 2.75) is 0 Å². The normalized spacial score (nSPS) is 11.0. The van der Waals surface area contributed by atoms with Crippen molar-refractivity contribution in [3.8, 4) is 22.8 Å². The SMILES string of the molecule is FCCOc1ccc2cc(-c3ccc(-n4cncn4)nc3)[nH]c2c1. The third-order valence-corrected chi connectivity index (χ3v) is 3.65. The number of nitrogens with zero attached hydrogens (tertiary/aromatic N) is 4. The van der Waals surface area contributed by atoms with Gasteiger partial charge in [0.2, 0.25) is 0 Å². The van der Waals surface area contributed by atoms with Crippen LogP contribution in [0.1, 0.15) is 0 Å². The Morgan fingerprint density at radius 2 is 2.12 bits per heavy atom. The number of hydrogen-bond acceptors (Lipinski definition) is 4. The van der Waals surface area contributed by atoms with E-state index in [0.29, 0.717) is 11.6 Å². The molecule has 3 heterocycles. The smallest absolute Gasteiger partial charge is 0.155 e. The van der Waals surface area contributed by atoms with E-state index in [1.165, 1.54) is 6.33 Å². The van der Waals surface area contributed by atoms with Gasteiger partial charge in [0.25, 0.3) is 0 Å². The molecule has 0 saturated carbocycles. The Labute approximate surface area is 136 Å². The number of hydrogen-bond donors (Lipinski definition) is 1. The van der Waals surface area contributed by atoms with Gasteiger partial charge in [-0.3, -0.25) is 0 Å². The van der Waals surface area contributed by atoms with Crippen LogP contribution in [0.4, 0.5) is 4.39 Å². The quantitative estimate of drug-likeness (QED) is 0.612. The lowest BCUT2D eigenvalue weighted by atomic mass is 10.2. The molecule has 0 aliphatic carbocycles. The largest absolute Gasteiger partial charge is 0.491 e. The molecule has 0 aliphatic heterocycles. The molecule has 6 nitrogen and oxygen atoms in total. The van der Waals surface area contributed by atoms with Crippen molar-refractivity contribution in [1.29, 1.82) is 0 Å². The van der Waals surface area contributed by atoms with Crippen LogP contribution >= 0.6 is 0 Å². The summed E-state index contributed by atoms with van der Waals surface area (Å²) in [5.74, 6) is 1.35. The van der Waals surface area contributed by atoms with Crippen molar-refractivity contribution >= 4 is 10.9 Å². The summed E-state index contributed by atoms with van der Waals surface area (Å²) < 4.78 is 19.1. The van der Waals surface area contributed by atoms with Crippen molar-refractivity contribution in [3.63, 3.8) is 0 Å². The summed E-state index contributed by atoms with van der Waals surface area (Å²) in [6, 6.07) is 11.5. The van der Waals surface area contributed by atoms with E-state index in [9.17, 15) is 4.39 Å². The van der Waals surface area contributed by atoms with Crippen molar-refractivity contribution in [1.82, 2.24) is 24.7 Å². The number of fused-ring (bicyclic) bond motifs is 1. The molecule has 0 amide bonds. The van der Waals surface area contributed by atoms with Crippen molar-refractivity contribution < 1.29 is 9.13 Å². The second-order valence-corrected chi connectivity index (χ2v) is 5.21. The highest BCUT2D eigenvalue weighted by molar-refractivity contribution is 5.86.